The van der Waals surface area contributed by atoms with E-state index < -0.39 is 0 Å². The summed E-state index contributed by atoms with van der Waals surface area (Å²) < 4.78 is 21.9. The number of thiophene rings is 1. The third-order valence-corrected chi connectivity index (χ3v) is 15.2. The highest BCUT2D eigenvalue weighted by Crippen LogP contribution is 2.56. The molecule has 0 saturated carbocycles. The fourth-order valence-corrected chi connectivity index (χ4v) is 12.7. The van der Waals surface area contributed by atoms with E-state index in [9.17, 15) is 0 Å². The number of furan rings is 2. The SMILES string of the molecule is C1=CC2Oc3ccc(N4c5cccc6c5B(c5oc7ccccc7c5N6c5ccc6oc7ccccc7c6c5-c5ccccc5)c5c4sc4ccccc54)c(-c4ccccc4)c3C2C=C1. The van der Waals surface area contributed by atoms with Gasteiger partial charge in [-0.3, -0.25) is 0 Å². The van der Waals surface area contributed by atoms with Crippen LogP contribution in [0.1, 0.15) is 11.5 Å². The summed E-state index contributed by atoms with van der Waals surface area (Å²) in [5.74, 6) is 1.03. The summed E-state index contributed by atoms with van der Waals surface area (Å²) in [4.78, 5) is 5.06. The average Bonchev–Trinajstić information content (AvgIpc) is 4.15. The van der Waals surface area contributed by atoms with Gasteiger partial charge < -0.3 is 23.4 Å². The molecule has 7 heteroatoms. The van der Waals surface area contributed by atoms with Gasteiger partial charge in [-0.15, -0.1) is 11.3 Å². The van der Waals surface area contributed by atoms with Crippen molar-refractivity contribution in [3.8, 4) is 28.0 Å². The average molecular weight is 851 g/mol. The van der Waals surface area contributed by atoms with Crippen molar-refractivity contribution in [2.45, 2.75) is 12.0 Å². The molecule has 3 aliphatic heterocycles. The van der Waals surface area contributed by atoms with Crippen LogP contribution in [-0.2, 0) is 0 Å². The van der Waals surface area contributed by atoms with Crippen molar-refractivity contribution >= 4 is 111 Å². The van der Waals surface area contributed by atoms with Crippen LogP contribution in [0.5, 0.6) is 5.75 Å². The Bertz CT molecular complexity index is 3860. The Morgan fingerprint density at radius 3 is 1.94 bits per heavy atom. The second-order valence-corrected chi connectivity index (χ2v) is 18.4. The van der Waals surface area contributed by atoms with Gasteiger partial charge >= 0.3 is 0 Å². The molecule has 0 saturated heterocycles. The van der Waals surface area contributed by atoms with E-state index in [-0.39, 0.29) is 18.7 Å². The number of para-hydroxylation sites is 2. The van der Waals surface area contributed by atoms with Crippen LogP contribution in [0.2, 0.25) is 0 Å². The van der Waals surface area contributed by atoms with Gasteiger partial charge in [0.25, 0.3) is 6.71 Å². The van der Waals surface area contributed by atoms with Gasteiger partial charge in [0.1, 0.15) is 28.6 Å². The lowest BCUT2D eigenvalue weighted by Gasteiger charge is -2.42. The highest BCUT2D eigenvalue weighted by Gasteiger charge is 2.49. The molecule has 1 aliphatic carbocycles. The van der Waals surface area contributed by atoms with Gasteiger partial charge in [-0.05, 0) is 94.2 Å². The number of nitrogens with zero attached hydrogens (tertiary/aromatic N) is 2. The standard InChI is InChI=1S/C58H35BN2O3S/c1-3-16-34(17-4-1)50-40(30-32-47-52(50)36-20-7-11-26-44(36)62-47)60-42-24-15-25-43-55(42)59(57-56(60)38-22-9-13-28-46(38)64-57)54-39-23-10-14-29-49(39)65-58(54)61(43)41-31-33-48-53(37-21-8-12-27-45(37)63-48)51(41)35-18-5-2-6-19-35/h1-33,37,45H. The minimum Gasteiger partial charge on any atom is -0.485 e. The van der Waals surface area contributed by atoms with Gasteiger partial charge in [-0.2, -0.15) is 0 Å². The molecule has 11 aromatic rings. The van der Waals surface area contributed by atoms with Crippen LogP contribution < -0.4 is 31.1 Å². The zero-order valence-corrected chi connectivity index (χ0v) is 35.6. The number of ether oxygens (including phenoxy) is 1. The first-order valence-corrected chi connectivity index (χ1v) is 23.1. The molecule has 5 nitrogen and oxygen atoms in total. The number of allylic oxidation sites excluding steroid dienone is 2. The summed E-state index contributed by atoms with van der Waals surface area (Å²) in [5, 5.41) is 5.70. The molecule has 65 heavy (non-hydrogen) atoms. The normalized spacial score (nSPS) is 16.5. The lowest BCUT2D eigenvalue weighted by molar-refractivity contribution is 0.269. The van der Waals surface area contributed by atoms with Crippen molar-refractivity contribution in [3.63, 3.8) is 0 Å². The summed E-state index contributed by atoms with van der Waals surface area (Å²) in [5.41, 5.74) is 17.3. The molecular formula is C58H35BN2O3S. The molecule has 8 aromatic carbocycles. The monoisotopic (exact) mass is 850 g/mol. The lowest BCUT2D eigenvalue weighted by Crippen LogP contribution is -2.60. The first kappa shape index (κ1) is 35.5. The van der Waals surface area contributed by atoms with Crippen molar-refractivity contribution in [1.82, 2.24) is 0 Å². The summed E-state index contributed by atoms with van der Waals surface area (Å²) in [6.07, 6.45) is 8.71. The van der Waals surface area contributed by atoms with Crippen LogP contribution in [0, 0.1) is 0 Å². The second-order valence-electron chi connectivity index (χ2n) is 17.4. The maximum absolute atomic E-state index is 7.30. The third-order valence-electron chi connectivity index (χ3n) is 14.0. The van der Waals surface area contributed by atoms with Crippen LogP contribution in [0.4, 0.5) is 33.4 Å². The van der Waals surface area contributed by atoms with Crippen molar-refractivity contribution in [2.75, 3.05) is 9.80 Å². The van der Waals surface area contributed by atoms with E-state index in [2.05, 4.69) is 204 Å². The van der Waals surface area contributed by atoms with E-state index in [0.717, 1.165) is 89.4 Å². The Kier molecular flexibility index (Phi) is 7.24. The summed E-state index contributed by atoms with van der Waals surface area (Å²) >= 11 is 1.86. The Morgan fingerprint density at radius 1 is 0.477 bits per heavy atom. The van der Waals surface area contributed by atoms with E-state index in [4.69, 9.17) is 13.6 Å². The molecule has 6 heterocycles. The molecule has 0 amide bonds. The Balaban J connectivity index is 1.08. The highest BCUT2D eigenvalue weighted by atomic mass is 32.1. The van der Waals surface area contributed by atoms with Gasteiger partial charge in [0.15, 0.2) is 0 Å². The van der Waals surface area contributed by atoms with Crippen LogP contribution in [0.15, 0.2) is 209 Å². The first-order valence-electron chi connectivity index (χ1n) is 22.3. The fraction of sp³-hybridized carbons (Fsp3) is 0.0345. The van der Waals surface area contributed by atoms with Crippen molar-refractivity contribution in [1.29, 1.82) is 0 Å². The predicted molar refractivity (Wildman–Crippen MR) is 269 cm³/mol. The Labute approximate surface area is 378 Å². The van der Waals surface area contributed by atoms with E-state index in [0.29, 0.717) is 0 Å². The van der Waals surface area contributed by atoms with Crippen LogP contribution in [0.3, 0.4) is 0 Å². The van der Waals surface area contributed by atoms with Crippen LogP contribution >= 0.6 is 11.3 Å². The van der Waals surface area contributed by atoms with E-state index in [1.807, 2.05) is 17.4 Å². The zero-order valence-electron chi connectivity index (χ0n) is 34.8. The summed E-state index contributed by atoms with van der Waals surface area (Å²) in [6.45, 7) is -0.186. The topological polar surface area (TPSA) is 42.0 Å². The number of hydrogen-bond donors (Lipinski definition) is 0. The van der Waals surface area contributed by atoms with Gasteiger partial charge in [0, 0.05) is 54.8 Å². The quantitative estimate of drug-likeness (QED) is 0.165. The molecular weight excluding hydrogens is 816 g/mol. The van der Waals surface area contributed by atoms with E-state index >= 15 is 0 Å². The molecule has 15 rings (SSSR count). The van der Waals surface area contributed by atoms with Crippen molar-refractivity contribution < 1.29 is 13.6 Å². The molecule has 2 unspecified atom stereocenters. The van der Waals surface area contributed by atoms with Gasteiger partial charge in [0.2, 0.25) is 0 Å². The van der Waals surface area contributed by atoms with Gasteiger partial charge in [-0.1, -0.05) is 133 Å². The largest absolute Gasteiger partial charge is 0.485 e. The maximum atomic E-state index is 7.30. The molecule has 3 aromatic heterocycles. The number of fused-ring (bicyclic) bond motifs is 14. The molecule has 0 radical (unpaired) electrons. The number of hydrogen-bond acceptors (Lipinski definition) is 6. The fourth-order valence-electron chi connectivity index (χ4n) is 11.4. The maximum Gasteiger partial charge on any atom is 0.298 e. The van der Waals surface area contributed by atoms with Crippen molar-refractivity contribution in [2.24, 2.45) is 0 Å². The predicted octanol–water partition coefficient (Wildman–Crippen LogP) is 13.9. The molecule has 0 fully saturated rings. The minimum absolute atomic E-state index is 0.0496. The zero-order chi connectivity index (χ0) is 42.3. The Morgan fingerprint density at radius 2 is 1.12 bits per heavy atom. The smallest absolute Gasteiger partial charge is 0.298 e. The number of rotatable bonds is 4. The third kappa shape index (κ3) is 4.82. The van der Waals surface area contributed by atoms with Gasteiger partial charge in [-0.25, -0.2) is 0 Å². The summed E-state index contributed by atoms with van der Waals surface area (Å²) in [6, 6.07) is 63.3. The summed E-state index contributed by atoms with van der Waals surface area (Å²) in [7, 11) is 0. The number of benzene rings is 8. The van der Waals surface area contributed by atoms with Crippen LogP contribution in [-0.4, -0.2) is 12.8 Å². The Hall–Kier alpha value is -8.00. The van der Waals surface area contributed by atoms with Crippen molar-refractivity contribution in [3.05, 3.63) is 206 Å². The first-order chi connectivity index (χ1) is 32.3. The van der Waals surface area contributed by atoms with E-state index in [1.54, 1.807) is 0 Å². The lowest BCUT2D eigenvalue weighted by atomic mass is 9.35. The molecule has 0 N–H and O–H groups in total. The number of anilines is 6. The molecule has 304 valence electrons. The van der Waals surface area contributed by atoms with Gasteiger partial charge in [0.05, 0.1) is 27.7 Å². The minimum atomic E-state index is -0.186. The highest BCUT2D eigenvalue weighted by molar-refractivity contribution is 7.26. The molecule has 0 bridgehead atoms. The van der Waals surface area contributed by atoms with E-state index in [1.165, 1.54) is 37.1 Å². The molecule has 2 atom stereocenters. The molecule has 4 aliphatic rings. The second kappa shape index (κ2) is 13.3. The van der Waals surface area contributed by atoms with Crippen LogP contribution in [0.25, 0.3) is 65.2 Å². The molecule has 0 spiro atoms.